The summed E-state index contributed by atoms with van der Waals surface area (Å²) in [6.07, 6.45) is 4.10. The molecule has 0 atom stereocenters. The predicted octanol–water partition coefficient (Wildman–Crippen LogP) is 5.05. The molecule has 0 unspecified atom stereocenters. The number of aliphatic carboxylic acids is 1. The van der Waals surface area contributed by atoms with E-state index in [1.165, 1.54) is 0 Å². The maximum Gasteiger partial charge on any atom is 0.329 e. The molecule has 0 aliphatic heterocycles. The molecule has 39 heavy (non-hydrogen) atoms. The van der Waals surface area contributed by atoms with E-state index < -0.39 is 17.4 Å². The van der Waals surface area contributed by atoms with E-state index in [1.807, 2.05) is 46.1 Å². The van der Waals surface area contributed by atoms with Crippen LogP contribution < -0.4 is 10.1 Å². The van der Waals surface area contributed by atoms with Crippen molar-refractivity contribution in [1.29, 1.82) is 0 Å². The molecule has 3 aromatic rings. The van der Waals surface area contributed by atoms with Gasteiger partial charge in [-0.25, -0.2) is 14.5 Å². The van der Waals surface area contributed by atoms with Crippen LogP contribution >= 0.6 is 11.6 Å². The van der Waals surface area contributed by atoms with E-state index in [9.17, 15) is 14.7 Å². The second-order valence-electron chi connectivity index (χ2n) is 10.5. The van der Waals surface area contributed by atoms with Crippen molar-refractivity contribution in [1.82, 2.24) is 25.0 Å². The van der Waals surface area contributed by atoms with Crippen molar-refractivity contribution in [2.45, 2.75) is 57.9 Å². The number of ether oxygens (including phenoxy) is 1. The highest BCUT2D eigenvalue weighted by atomic mass is 35.5. The fraction of sp³-hybridized carbons (Fsp3) is 0.448. The number of hydrogen-bond acceptors (Lipinski definition) is 6. The smallest absolute Gasteiger partial charge is 0.329 e. The maximum atomic E-state index is 13.4. The van der Waals surface area contributed by atoms with Crippen molar-refractivity contribution in [3.8, 4) is 22.7 Å². The second kappa shape index (κ2) is 12.2. The lowest BCUT2D eigenvalue weighted by molar-refractivity contribution is -0.145. The van der Waals surface area contributed by atoms with Crippen LogP contribution in [0.4, 0.5) is 0 Å². The number of carboxylic acid groups (broad SMARTS) is 1. The normalized spacial score (nSPS) is 14.8. The first kappa shape index (κ1) is 28.6. The molecule has 1 aliphatic rings. The van der Waals surface area contributed by atoms with Gasteiger partial charge in [-0.15, -0.1) is 0 Å². The van der Waals surface area contributed by atoms with Gasteiger partial charge in [0.25, 0.3) is 5.91 Å². The molecule has 4 rings (SSSR count). The zero-order valence-electron chi connectivity index (χ0n) is 23.0. The van der Waals surface area contributed by atoms with Crippen molar-refractivity contribution >= 4 is 23.5 Å². The summed E-state index contributed by atoms with van der Waals surface area (Å²) in [7, 11) is 4.02. The number of halogens is 1. The SMILES string of the molecule is Cc1cc(C)n(-c2ccc(C(=O)NC3(C(=O)O)CCCCC3)nc2-c2ccc(Cl)c(OCCCN(C)C)c2)n1. The molecule has 10 heteroatoms. The van der Waals surface area contributed by atoms with Gasteiger partial charge in [0.05, 0.1) is 28.7 Å². The number of rotatable bonds is 10. The van der Waals surface area contributed by atoms with Gasteiger partial charge in [-0.2, -0.15) is 5.10 Å². The molecule has 0 spiro atoms. The van der Waals surface area contributed by atoms with Crippen molar-refractivity contribution in [2.24, 2.45) is 0 Å². The molecule has 1 aromatic carbocycles. The van der Waals surface area contributed by atoms with Crippen LogP contribution in [0.5, 0.6) is 5.75 Å². The van der Waals surface area contributed by atoms with Crippen molar-refractivity contribution in [2.75, 3.05) is 27.2 Å². The highest BCUT2D eigenvalue weighted by molar-refractivity contribution is 6.32. The van der Waals surface area contributed by atoms with Crippen LogP contribution in [0.2, 0.25) is 5.02 Å². The summed E-state index contributed by atoms with van der Waals surface area (Å²) in [6.45, 7) is 5.25. The van der Waals surface area contributed by atoms with Gasteiger partial charge in [-0.05, 0) is 77.5 Å². The molecule has 9 nitrogen and oxygen atoms in total. The number of benzene rings is 1. The lowest BCUT2D eigenvalue weighted by Gasteiger charge is -2.33. The van der Waals surface area contributed by atoms with Crippen molar-refractivity contribution in [3.63, 3.8) is 0 Å². The molecule has 1 fully saturated rings. The van der Waals surface area contributed by atoms with E-state index in [4.69, 9.17) is 21.3 Å². The first-order valence-corrected chi connectivity index (χ1v) is 13.7. The quantitative estimate of drug-likeness (QED) is 0.338. The van der Waals surface area contributed by atoms with Gasteiger partial charge in [-0.3, -0.25) is 4.79 Å². The Morgan fingerprint density at radius 3 is 2.51 bits per heavy atom. The van der Waals surface area contributed by atoms with E-state index in [-0.39, 0.29) is 5.69 Å². The minimum Gasteiger partial charge on any atom is -0.492 e. The molecule has 208 valence electrons. The number of aryl methyl sites for hydroxylation is 2. The van der Waals surface area contributed by atoms with Crippen LogP contribution in [0.25, 0.3) is 16.9 Å². The van der Waals surface area contributed by atoms with Gasteiger partial charge >= 0.3 is 5.97 Å². The summed E-state index contributed by atoms with van der Waals surface area (Å²) < 4.78 is 7.77. The largest absolute Gasteiger partial charge is 0.492 e. The summed E-state index contributed by atoms with van der Waals surface area (Å²) >= 11 is 6.45. The number of carbonyl (C=O) groups excluding carboxylic acids is 1. The Bertz CT molecular complexity index is 1350. The Labute approximate surface area is 234 Å². The standard InChI is InChI=1S/C29H36ClN5O4/c1-19-17-20(2)35(33-19)24-12-11-23(27(36)32-29(28(37)38)13-6-5-7-14-29)31-26(24)21-9-10-22(30)25(18-21)39-16-8-15-34(3)4/h9-12,17-18H,5-8,13-16H2,1-4H3,(H,32,36)(H,37,38). The van der Waals surface area contributed by atoms with Crippen LogP contribution in [0.1, 0.15) is 60.4 Å². The third-order valence-corrected chi connectivity index (χ3v) is 7.34. The third-order valence-electron chi connectivity index (χ3n) is 7.03. The summed E-state index contributed by atoms with van der Waals surface area (Å²) in [6, 6.07) is 10.8. The molecular formula is C29H36ClN5O4. The van der Waals surface area contributed by atoms with Gasteiger partial charge in [0.1, 0.15) is 17.0 Å². The fourth-order valence-electron chi connectivity index (χ4n) is 4.99. The average molecular weight is 554 g/mol. The molecule has 1 amide bonds. The molecule has 1 aliphatic carbocycles. The molecular weight excluding hydrogens is 518 g/mol. The number of pyridine rings is 1. The Morgan fingerprint density at radius 1 is 1.13 bits per heavy atom. The monoisotopic (exact) mass is 553 g/mol. The summed E-state index contributed by atoms with van der Waals surface area (Å²) in [5, 5.41) is 17.8. The number of nitrogens with zero attached hydrogens (tertiary/aromatic N) is 4. The van der Waals surface area contributed by atoms with Gasteiger partial charge in [-0.1, -0.05) is 36.9 Å². The minimum absolute atomic E-state index is 0.130. The lowest BCUT2D eigenvalue weighted by Crippen LogP contribution is -2.55. The number of carbonyl (C=O) groups is 2. The first-order valence-electron chi connectivity index (χ1n) is 13.3. The van der Waals surface area contributed by atoms with E-state index in [2.05, 4.69) is 15.3 Å². The molecule has 2 aromatic heterocycles. The summed E-state index contributed by atoms with van der Waals surface area (Å²) in [5.74, 6) is -1.01. The number of carboxylic acids is 1. The molecule has 2 N–H and O–H groups in total. The Morgan fingerprint density at radius 2 is 1.87 bits per heavy atom. The average Bonchev–Trinajstić information content (AvgIpc) is 3.24. The highest BCUT2D eigenvalue weighted by Crippen LogP contribution is 2.34. The third kappa shape index (κ3) is 6.59. The molecule has 0 saturated heterocycles. The van der Waals surface area contributed by atoms with Gasteiger partial charge in [0, 0.05) is 17.8 Å². The Balaban J connectivity index is 1.72. The zero-order chi connectivity index (χ0) is 28.2. The lowest BCUT2D eigenvalue weighted by atomic mass is 9.81. The van der Waals surface area contributed by atoms with E-state index in [1.54, 1.807) is 22.9 Å². The van der Waals surface area contributed by atoms with Crippen LogP contribution in [0.3, 0.4) is 0 Å². The summed E-state index contributed by atoms with van der Waals surface area (Å²) in [5.41, 5.74) is 2.50. The predicted molar refractivity (Wildman–Crippen MR) is 151 cm³/mol. The van der Waals surface area contributed by atoms with Crippen molar-refractivity contribution in [3.05, 3.63) is 58.5 Å². The highest BCUT2D eigenvalue weighted by Gasteiger charge is 2.41. The number of aromatic nitrogens is 3. The molecule has 0 radical (unpaired) electrons. The second-order valence-corrected chi connectivity index (χ2v) is 10.9. The van der Waals surface area contributed by atoms with Gasteiger partial charge < -0.3 is 20.1 Å². The minimum atomic E-state index is -1.28. The Hall–Kier alpha value is -3.43. The summed E-state index contributed by atoms with van der Waals surface area (Å²) in [4.78, 5) is 32.3. The molecule has 2 heterocycles. The van der Waals surface area contributed by atoms with Crippen LogP contribution in [0.15, 0.2) is 36.4 Å². The topological polar surface area (TPSA) is 110 Å². The maximum absolute atomic E-state index is 13.4. The van der Waals surface area contributed by atoms with Gasteiger partial charge in [0.15, 0.2) is 0 Å². The first-order chi connectivity index (χ1) is 18.6. The van der Waals surface area contributed by atoms with Crippen LogP contribution in [-0.4, -0.2) is 69.4 Å². The fourth-order valence-corrected chi connectivity index (χ4v) is 5.16. The van der Waals surface area contributed by atoms with Crippen molar-refractivity contribution < 1.29 is 19.4 Å². The number of hydrogen-bond donors (Lipinski definition) is 2. The van der Waals surface area contributed by atoms with E-state index in [0.29, 0.717) is 47.2 Å². The van der Waals surface area contributed by atoms with Gasteiger partial charge in [0.2, 0.25) is 0 Å². The Kier molecular flexibility index (Phi) is 8.92. The van der Waals surface area contributed by atoms with Crippen LogP contribution in [-0.2, 0) is 4.79 Å². The molecule has 1 saturated carbocycles. The van der Waals surface area contributed by atoms with Crippen LogP contribution in [0, 0.1) is 13.8 Å². The molecule has 0 bridgehead atoms. The van der Waals surface area contributed by atoms with E-state index >= 15 is 0 Å². The number of nitrogens with one attached hydrogen (secondary N) is 1. The number of amides is 1. The van der Waals surface area contributed by atoms with E-state index in [0.717, 1.165) is 43.6 Å². The zero-order valence-corrected chi connectivity index (χ0v) is 23.7.